The molecule has 13 heteroatoms. The number of carbonyl (C=O) groups is 1. The Labute approximate surface area is 218 Å². The van der Waals surface area contributed by atoms with Crippen molar-refractivity contribution in [2.45, 2.75) is 40.9 Å². The van der Waals surface area contributed by atoms with E-state index in [2.05, 4.69) is 4.98 Å². The van der Waals surface area contributed by atoms with Crippen molar-refractivity contribution in [3.05, 3.63) is 35.7 Å². The molecule has 2 aliphatic heterocycles. The number of amides is 1. The van der Waals surface area contributed by atoms with E-state index in [1.165, 1.54) is 33.0 Å². The molecule has 0 saturated carbocycles. The SMILES string of the molecule is CS(=O)(=O)c1ccc2nc(N(CC3CCCO3)C(=O)C3CCN(S(=O)(=O)c4cccs4)CC3)sc2c1. The molecule has 1 atom stereocenters. The number of thiophene rings is 1. The minimum absolute atomic E-state index is 0.0909. The van der Waals surface area contributed by atoms with Crippen LogP contribution in [-0.4, -0.2) is 70.6 Å². The molecule has 0 radical (unpaired) electrons. The maximum Gasteiger partial charge on any atom is 0.252 e. The number of ether oxygens (including phenoxy) is 1. The molecule has 1 aromatic carbocycles. The Morgan fingerprint density at radius 2 is 1.94 bits per heavy atom. The van der Waals surface area contributed by atoms with Gasteiger partial charge < -0.3 is 4.74 Å². The predicted molar refractivity (Wildman–Crippen MR) is 140 cm³/mol. The summed E-state index contributed by atoms with van der Waals surface area (Å²) in [5.74, 6) is -0.430. The van der Waals surface area contributed by atoms with Crippen molar-refractivity contribution < 1.29 is 26.4 Å². The first kappa shape index (κ1) is 25.7. The lowest BCUT2D eigenvalue weighted by Gasteiger charge is -2.33. The predicted octanol–water partition coefficient (Wildman–Crippen LogP) is 3.37. The number of rotatable bonds is 7. The van der Waals surface area contributed by atoms with Gasteiger partial charge in [-0.05, 0) is 55.3 Å². The van der Waals surface area contributed by atoms with Crippen molar-refractivity contribution in [1.82, 2.24) is 9.29 Å². The lowest BCUT2D eigenvalue weighted by molar-refractivity contribution is -0.123. The number of carbonyl (C=O) groups excluding carboxylic acids is 1. The maximum atomic E-state index is 13.7. The van der Waals surface area contributed by atoms with E-state index in [1.54, 1.807) is 34.5 Å². The molecule has 0 spiro atoms. The number of benzene rings is 1. The number of hydrogen-bond acceptors (Lipinski definition) is 9. The quantitative estimate of drug-likeness (QED) is 0.429. The molecule has 2 aliphatic rings. The van der Waals surface area contributed by atoms with Gasteiger partial charge in [0.1, 0.15) is 4.21 Å². The summed E-state index contributed by atoms with van der Waals surface area (Å²) in [5, 5.41) is 2.24. The summed E-state index contributed by atoms with van der Waals surface area (Å²) in [5.41, 5.74) is 0.629. The number of sulfone groups is 1. The van der Waals surface area contributed by atoms with Crippen LogP contribution in [0.15, 0.2) is 44.8 Å². The van der Waals surface area contributed by atoms with Crippen LogP contribution in [0.2, 0.25) is 0 Å². The van der Waals surface area contributed by atoms with E-state index in [0.717, 1.165) is 19.1 Å². The van der Waals surface area contributed by atoms with Gasteiger partial charge in [-0.15, -0.1) is 11.3 Å². The molecule has 2 saturated heterocycles. The maximum absolute atomic E-state index is 13.7. The van der Waals surface area contributed by atoms with Crippen molar-refractivity contribution in [2.24, 2.45) is 5.92 Å². The molecular formula is C23H27N3O6S4. The zero-order chi connectivity index (χ0) is 25.5. The third-order valence-electron chi connectivity index (χ3n) is 6.58. The van der Waals surface area contributed by atoms with E-state index < -0.39 is 19.9 Å². The average molecular weight is 570 g/mol. The van der Waals surface area contributed by atoms with Gasteiger partial charge in [-0.25, -0.2) is 21.8 Å². The number of nitrogens with zero attached hydrogens (tertiary/aromatic N) is 3. The van der Waals surface area contributed by atoms with Crippen LogP contribution in [-0.2, 0) is 29.4 Å². The largest absolute Gasteiger partial charge is 0.376 e. The van der Waals surface area contributed by atoms with Crippen molar-refractivity contribution in [2.75, 3.05) is 37.4 Å². The summed E-state index contributed by atoms with van der Waals surface area (Å²) in [7, 11) is -6.91. The first-order valence-electron chi connectivity index (χ1n) is 11.7. The van der Waals surface area contributed by atoms with Crippen molar-refractivity contribution >= 4 is 63.8 Å². The van der Waals surface area contributed by atoms with Crippen LogP contribution in [0.4, 0.5) is 5.13 Å². The monoisotopic (exact) mass is 569 g/mol. The van der Waals surface area contributed by atoms with Gasteiger partial charge in [0.2, 0.25) is 5.91 Å². The Hall–Kier alpha value is -1.90. The van der Waals surface area contributed by atoms with E-state index in [4.69, 9.17) is 4.74 Å². The Balaban J connectivity index is 1.38. The Kier molecular flexibility index (Phi) is 7.22. The van der Waals surface area contributed by atoms with E-state index >= 15 is 0 Å². The molecule has 9 nitrogen and oxygen atoms in total. The molecule has 5 rings (SSSR count). The first-order chi connectivity index (χ1) is 17.1. The Morgan fingerprint density at radius 1 is 1.17 bits per heavy atom. The fourth-order valence-corrected chi connectivity index (χ4v) is 8.95. The average Bonchev–Trinajstić information content (AvgIpc) is 3.63. The molecule has 2 fully saturated rings. The van der Waals surface area contributed by atoms with Gasteiger partial charge in [0.25, 0.3) is 10.0 Å². The van der Waals surface area contributed by atoms with Gasteiger partial charge >= 0.3 is 0 Å². The van der Waals surface area contributed by atoms with Crippen LogP contribution >= 0.6 is 22.7 Å². The lowest BCUT2D eigenvalue weighted by atomic mass is 9.96. The molecule has 3 aromatic rings. The van der Waals surface area contributed by atoms with Gasteiger partial charge in [0, 0.05) is 31.9 Å². The molecule has 0 aliphatic carbocycles. The number of piperidine rings is 1. The molecule has 194 valence electrons. The number of fused-ring (bicyclic) bond motifs is 1. The molecule has 0 N–H and O–H groups in total. The highest BCUT2D eigenvalue weighted by molar-refractivity contribution is 7.91. The topological polar surface area (TPSA) is 114 Å². The normalized spacial score (nSPS) is 20.2. The number of sulfonamides is 1. The summed E-state index contributed by atoms with van der Waals surface area (Å²) in [6, 6.07) is 8.09. The zero-order valence-electron chi connectivity index (χ0n) is 19.7. The fourth-order valence-electron chi connectivity index (χ4n) is 4.59. The molecule has 2 aromatic heterocycles. The number of thiazole rings is 1. The van der Waals surface area contributed by atoms with Crippen LogP contribution in [0.5, 0.6) is 0 Å². The van der Waals surface area contributed by atoms with Crippen molar-refractivity contribution in [3.8, 4) is 0 Å². The summed E-state index contributed by atoms with van der Waals surface area (Å²) >= 11 is 2.48. The zero-order valence-corrected chi connectivity index (χ0v) is 23.0. The van der Waals surface area contributed by atoms with Gasteiger partial charge in [-0.1, -0.05) is 17.4 Å². The van der Waals surface area contributed by atoms with Gasteiger partial charge in [0.15, 0.2) is 15.0 Å². The van der Waals surface area contributed by atoms with Crippen LogP contribution in [0, 0.1) is 5.92 Å². The van der Waals surface area contributed by atoms with Crippen molar-refractivity contribution in [3.63, 3.8) is 0 Å². The smallest absolute Gasteiger partial charge is 0.252 e. The third-order valence-corrected chi connectivity index (χ3v) is 12.0. The third kappa shape index (κ3) is 5.22. The van der Waals surface area contributed by atoms with E-state index in [1.807, 2.05) is 0 Å². The second kappa shape index (κ2) is 10.1. The van der Waals surface area contributed by atoms with Crippen LogP contribution in [0.3, 0.4) is 0 Å². The van der Waals surface area contributed by atoms with Gasteiger partial charge in [-0.3, -0.25) is 9.69 Å². The van der Waals surface area contributed by atoms with E-state index in [9.17, 15) is 21.6 Å². The fraction of sp³-hybridized carbons (Fsp3) is 0.478. The molecule has 4 heterocycles. The molecule has 1 unspecified atom stereocenters. The number of aromatic nitrogens is 1. The Bertz CT molecular complexity index is 1450. The lowest BCUT2D eigenvalue weighted by Crippen LogP contribution is -2.46. The number of anilines is 1. The highest BCUT2D eigenvalue weighted by Gasteiger charge is 2.36. The minimum Gasteiger partial charge on any atom is -0.376 e. The second-order valence-electron chi connectivity index (χ2n) is 9.09. The molecule has 36 heavy (non-hydrogen) atoms. The minimum atomic E-state index is -3.54. The Morgan fingerprint density at radius 3 is 2.58 bits per heavy atom. The standard InChI is InChI=1S/C23H27N3O6S4/c1-35(28,29)18-6-7-19-20(14-18)34-23(24-19)26(15-17-4-2-12-32-17)22(27)16-8-10-25(11-9-16)36(30,31)21-5-3-13-33-21/h3,5-7,13-14,16-17H,2,4,8-12,15H2,1H3. The van der Waals surface area contributed by atoms with Crippen LogP contribution < -0.4 is 4.90 Å². The number of hydrogen-bond donors (Lipinski definition) is 0. The molecule has 1 amide bonds. The summed E-state index contributed by atoms with van der Waals surface area (Å²) in [6.45, 7) is 1.58. The highest BCUT2D eigenvalue weighted by atomic mass is 32.2. The van der Waals surface area contributed by atoms with E-state index in [-0.39, 0.29) is 35.9 Å². The van der Waals surface area contributed by atoms with E-state index in [0.29, 0.717) is 45.6 Å². The summed E-state index contributed by atoms with van der Waals surface area (Å²) in [6.07, 6.45) is 3.71. The molecular weight excluding hydrogens is 543 g/mol. The van der Waals surface area contributed by atoms with Gasteiger partial charge in [0.05, 0.1) is 27.8 Å². The second-order valence-corrected chi connectivity index (χ2v) is 15.2. The van der Waals surface area contributed by atoms with Crippen molar-refractivity contribution in [1.29, 1.82) is 0 Å². The molecule has 0 bridgehead atoms. The van der Waals surface area contributed by atoms with Crippen LogP contribution in [0.1, 0.15) is 25.7 Å². The summed E-state index contributed by atoms with van der Waals surface area (Å²) < 4.78 is 58.0. The summed E-state index contributed by atoms with van der Waals surface area (Å²) in [4.78, 5) is 20.3. The highest BCUT2D eigenvalue weighted by Crippen LogP contribution is 2.34. The van der Waals surface area contributed by atoms with Gasteiger partial charge in [-0.2, -0.15) is 4.31 Å². The first-order valence-corrected chi connectivity index (χ1v) is 16.7. The van der Waals surface area contributed by atoms with Crippen LogP contribution in [0.25, 0.3) is 10.2 Å².